The third kappa shape index (κ3) is 4.79. The van der Waals surface area contributed by atoms with Gasteiger partial charge in [-0.3, -0.25) is 9.80 Å². The van der Waals surface area contributed by atoms with Crippen LogP contribution in [0.2, 0.25) is 0 Å². The van der Waals surface area contributed by atoms with Crippen molar-refractivity contribution in [3.8, 4) is 0 Å². The fourth-order valence-electron chi connectivity index (χ4n) is 4.36. The summed E-state index contributed by atoms with van der Waals surface area (Å²) in [5, 5.41) is 9.33. The topological polar surface area (TPSA) is 35.9 Å². The first-order valence-electron chi connectivity index (χ1n) is 11.3. The minimum absolute atomic E-state index is 0.0202. The minimum Gasteiger partial charge on any atom is -0.336 e. The molecule has 1 heterocycles. The van der Waals surface area contributed by atoms with Crippen LogP contribution in [0.15, 0.2) is 77.9 Å². The zero-order chi connectivity index (χ0) is 21.6. The second-order valence-electron chi connectivity index (χ2n) is 8.35. The van der Waals surface area contributed by atoms with E-state index in [1.54, 1.807) is 4.90 Å². The maximum atomic E-state index is 13.3. The second-order valence-corrected chi connectivity index (χ2v) is 8.35. The molecule has 4 rings (SSSR count). The predicted octanol–water partition coefficient (Wildman–Crippen LogP) is 5.79. The molecular formula is C27H31N3O. The summed E-state index contributed by atoms with van der Waals surface area (Å²) < 4.78 is 0. The molecule has 31 heavy (non-hydrogen) atoms. The first-order valence-corrected chi connectivity index (χ1v) is 11.3. The van der Waals surface area contributed by atoms with Crippen molar-refractivity contribution in [2.24, 2.45) is 5.10 Å². The van der Waals surface area contributed by atoms with Crippen LogP contribution in [0.5, 0.6) is 0 Å². The molecular weight excluding hydrogens is 382 g/mol. The van der Waals surface area contributed by atoms with Crippen LogP contribution < -0.4 is 0 Å². The molecule has 1 unspecified atom stereocenters. The van der Waals surface area contributed by atoms with E-state index in [1.807, 2.05) is 25.2 Å². The smallest absolute Gasteiger partial charge is 0.270 e. The Hall–Kier alpha value is -3.14. The Balaban J connectivity index is 1.51. The Labute approximate surface area is 185 Å². The third-order valence-electron chi connectivity index (χ3n) is 6.05. The number of carbonyl (C=O) groups excluding carboxylic acids is 1. The lowest BCUT2D eigenvalue weighted by Gasteiger charge is -2.23. The van der Waals surface area contributed by atoms with E-state index in [2.05, 4.69) is 66.5 Å². The van der Waals surface area contributed by atoms with Gasteiger partial charge in [0.05, 0.1) is 6.04 Å². The van der Waals surface area contributed by atoms with Gasteiger partial charge in [-0.05, 0) is 28.3 Å². The van der Waals surface area contributed by atoms with Crippen LogP contribution in [0.25, 0.3) is 10.8 Å². The number of nitrogens with zero attached hydrogens (tertiary/aromatic N) is 3. The van der Waals surface area contributed by atoms with Gasteiger partial charge < -0.3 is 4.90 Å². The van der Waals surface area contributed by atoms with Crippen molar-refractivity contribution >= 4 is 22.4 Å². The molecule has 1 aliphatic rings. The Morgan fingerprint density at radius 1 is 1.00 bits per heavy atom. The number of carbonyl (C=O) groups is 1. The average Bonchev–Trinajstić information content (AvgIpc) is 3.23. The highest BCUT2D eigenvalue weighted by Crippen LogP contribution is 2.31. The molecule has 4 nitrogen and oxygen atoms in total. The van der Waals surface area contributed by atoms with Gasteiger partial charge in [0.15, 0.2) is 0 Å². The summed E-state index contributed by atoms with van der Waals surface area (Å²) in [7, 11) is 1.88. The van der Waals surface area contributed by atoms with E-state index in [9.17, 15) is 4.79 Å². The van der Waals surface area contributed by atoms with Crippen molar-refractivity contribution in [2.45, 2.75) is 45.2 Å². The van der Waals surface area contributed by atoms with E-state index in [4.69, 9.17) is 5.10 Å². The van der Waals surface area contributed by atoms with Crippen LogP contribution in [-0.2, 0) is 11.3 Å². The van der Waals surface area contributed by atoms with Crippen molar-refractivity contribution in [3.05, 3.63) is 83.9 Å². The highest BCUT2D eigenvalue weighted by atomic mass is 16.2. The number of fused-ring (bicyclic) bond motifs is 1. The molecule has 0 radical (unpaired) electrons. The average molecular weight is 414 g/mol. The SMILES string of the molecule is CCCCCN1N=C(C(=O)N(C)Cc2cccc3ccccc23)CC1c1ccccc1. The number of hydrazone groups is 1. The largest absolute Gasteiger partial charge is 0.336 e. The lowest BCUT2D eigenvalue weighted by atomic mass is 10.0. The molecule has 0 saturated heterocycles. The molecule has 1 atom stereocenters. The maximum Gasteiger partial charge on any atom is 0.270 e. The zero-order valence-corrected chi connectivity index (χ0v) is 18.5. The highest BCUT2D eigenvalue weighted by Gasteiger charge is 2.32. The van der Waals surface area contributed by atoms with E-state index < -0.39 is 0 Å². The molecule has 3 aromatic carbocycles. The number of unbranched alkanes of at least 4 members (excludes halogenated alkanes) is 2. The van der Waals surface area contributed by atoms with Gasteiger partial charge in [0.25, 0.3) is 5.91 Å². The molecule has 0 fully saturated rings. The number of hydrogen-bond donors (Lipinski definition) is 0. The quantitative estimate of drug-likeness (QED) is 0.438. The molecule has 0 aliphatic carbocycles. The minimum atomic E-state index is 0.0202. The van der Waals surface area contributed by atoms with E-state index in [0.717, 1.165) is 18.5 Å². The van der Waals surface area contributed by atoms with Gasteiger partial charge in [0, 0.05) is 26.6 Å². The molecule has 0 aromatic heterocycles. The van der Waals surface area contributed by atoms with E-state index in [-0.39, 0.29) is 11.9 Å². The summed E-state index contributed by atoms with van der Waals surface area (Å²) in [4.78, 5) is 15.1. The normalized spacial score (nSPS) is 15.9. The lowest BCUT2D eigenvalue weighted by Crippen LogP contribution is -2.32. The van der Waals surface area contributed by atoms with Gasteiger partial charge >= 0.3 is 0 Å². The monoisotopic (exact) mass is 413 g/mol. The molecule has 0 bridgehead atoms. The van der Waals surface area contributed by atoms with Crippen LogP contribution >= 0.6 is 0 Å². The molecule has 0 saturated carbocycles. The standard InChI is InChI=1S/C27H31N3O/c1-3-4-10-18-30-26(22-13-6-5-7-14-22)19-25(28-30)27(31)29(2)20-23-16-11-15-21-12-8-9-17-24(21)23/h5-9,11-17,26H,3-4,10,18-20H2,1-2H3. The molecule has 0 N–H and O–H groups in total. The van der Waals surface area contributed by atoms with Crippen LogP contribution in [0.4, 0.5) is 0 Å². The predicted molar refractivity (Wildman–Crippen MR) is 128 cm³/mol. The van der Waals surface area contributed by atoms with Gasteiger partial charge in [0.1, 0.15) is 5.71 Å². The molecule has 160 valence electrons. The van der Waals surface area contributed by atoms with E-state index >= 15 is 0 Å². The van der Waals surface area contributed by atoms with E-state index in [0.29, 0.717) is 18.7 Å². The summed E-state index contributed by atoms with van der Waals surface area (Å²) in [5.41, 5.74) is 3.04. The van der Waals surface area contributed by atoms with Crippen molar-refractivity contribution in [1.29, 1.82) is 0 Å². The van der Waals surface area contributed by atoms with Gasteiger partial charge in [-0.2, -0.15) is 5.10 Å². The molecule has 1 amide bonds. The summed E-state index contributed by atoms with van der Waals surface area (Å²) >= 11 is 0. The van der Waals surface area contributed by atoms with Crippen molar-refractivity contribution in [3.63, 3.8) is 0 Å². The Morgan fingerprint density at radius 2 is 1.74 bits per heavy atom. The first-order chi connectivity index (χ1) is 15.2. The number of amides is 1. The Morgan fingerprint density at radius 3 is 2.55 bits per heavy atom. The van der Waals surface area contributed by atoms with Crippen LogP contribution in [0.3, 0.4) is 0 Å². The zero-order valence-electron chi connectivity index (χ0n) is 18.5. The number of hydrogen-bond acceptors (Lipinski definition) is 3. The van der Waals surface area contributed by atoms with Crippen molar-refractivity contribution in [2.75, 3.05) is 13.6 Å². The van der Waals surface area contributed by atoms with Gasteiger partial charge in [-0.25, -0.2) is 0 Å². The maximum absolute atomic E-state index is 13.3. The third-order valence-corrected chi connectivity index (χ3v) is 6.05. The number of benzene rings is 3. The number of rotatable bonds is 8. The van der Waals surface area contributed by atoms with Crippen LogP contribution in [-0.4, -0.2) is 35.1 Å². The fourth-order valence-corrected chi connectivity index (χ4v) is 4.36. The molecule has 4 heteroatoms. The summed E-state index contributed by atoms with van der Waals surface area (Å²) in [6.07, 6.45) is 4.11. The van der Waals surface area contributed by atoms with Crippen molar-refractivity contribution in [1.82, 2.24) is 9.91 Å². The van der Waals surface area contributed by atoms with E-state index in [1.165, 1.54) is 29.2 Å². The molecule has 1 aliphatic heterocycles. The second kappa shape index (κ2) is 9.78. The Bertz CT molecular complexity index is 1060. The summed E-state index contributed by atoms with van der Waals surface area (Å²) in [6, 6.07) is 25.2. The summed E-state index contributed by atoms with van der Waals surface area (Å²) in [6.45, 7) is 3.67. The van der Waals surface area contributed by atoms with Crippen LogP contribution in [0, 0.1) is 0 Å². The summed E-state index contributed by atoms with van der Waals surface area (Å²) in [5.74, 6) is 0.0202. The van der Waals surface area contributed by atoms with Gasteiger partial charge in [-0.1, -0.05) is 92.6 Å². The van der Waals surface area contributed by atoms with Crippen LogP contribution in [0.1, 0.15) is 49.8 Å². The molecule has 3 aromatic rings. The van der Waals surface area contributed by atoms with Gasteiger partial charge in [0.2, 0.25) is 0 Å². The Kier molecular flexibility index (Phi) is 6.66. The van der Waals surface area contributed by atoms with Crippen molar-refractivity contribution < 1.29 is 4.79 Å². The van der Waals surface area contributed by atoms with Gasteiger partial charge in [-0.15, -0.1) is 0 Å². The first kappa shape index (κ1) is 21.1. The molecule has 0 spiro atoms. The lowest BCUT2D eigenvalue weighted by molar-refractivity contribution is -0.123. The highest BCUT2D eigenvalue weighted by molar-refractivity contribution is 6.39. The fraction of sp³-hybridized carbons (Fsp3) is 0.333.